The van der Waals surface area contributed by atoms with Crippen LogP contribution in [0.15, 0.2) is 42.5 Å². The minimum Gasteiger partial charge on any atom is -0.399 e. The summed E-state index contributed by atoms with van der Waals surface area (Å²) in [7, 11) is 0. The van der Waals surface area contributed by atoms with Crippen molar-refractivity contribution < 1.29 is 4.79 Å². The number of nitriles is 1. The van der Waals surface area contributed by atoms with Gasteiger partial charge in [-0.1, -0.05) is 23.7 Å². The van der Waals surface area contributed by atoms with Crippen LogP contribution in [0.5, 0.6) is 0 Å². The van der Waals surface area contributed by atoms with Crippen molar-refractivity contribution in [1.29, 1.82) is 5.26 Å². The van der Waals surface area contributed by atoms with E-state index in [9.17, 15) is 4.79 Å². The van der Waals surface area contributed by atoms with Crippen molar-refractivity contribution in [2.45, 2.75) is 6.42 Å². The van der Waals surface area contributed by atoms with Crippen LogP contribution in [0.1, 0.15) is 21.5 Å². The van der Waals surface area contributed by atoms with Gasteiger partial charge in [0, 0.05) is 17.7 Å². The average Bonchev–Trinajstić information content (AvgIpc) is 2.42. The number of anilines is 1. The van der Waals surface area contributed by atoms with Crippen LogP contribution in [-0.2, 0) is 6.42 Å². The van der Waals surface area contributed by atoms with Gasteiger partial charge >= 0.3 is 0 Å². The van der Waals surface area contributed by atoms with Crippen molar-refractivity contribution in [2.24, 2.45) is 0 Å². The Bertz CT molecular complexity index is 657. The number of carbonyl (C=O) groups is 1. The molecule has 19 heavy (non-hydrogen) atoms. The summed E-state index contributed by atoms with van der Waals surface area (Å²) in [6.45, 7) is 0. The van der Waals surface area contributed by atoms with E-state index in [-0.39, 0.29) is 12.2 Å². The number of benzene rings is 2. The highest BCUT2D eigenvalue weighted by atomic mass is 35.5. The lowest BCUT2D eigenvalue weighted by atomic mass is 10.0. The molecule has 2 N–H and O–H groups in total. The average molecular weight is 271 g/mol. The van der Waals surface area contributed by atoms with Gasteiger partial charge in [-0.25, -0.2) is 0 Å². The van der Waals surface area contributed by atoms with E-state index in [4.69, 9.17) is 22.6 Å². The largest absolute Gasteiger partial charge is 0.399 e. The Balaban J connectivity index is 2.21. The number of nitrogen functional groups attached to an aromatic ring is 1. The summed E-state index contributed by atoms with van der Waals surface area (Å²) >= 11 is 5.99. The van der Waals surface area contributed by atoms with Crippen LogP contribution in [0.4, 0.5) is 5.69 Å². The molecule has 0 aliphatic heterocycles. The van der Waals surface area contributed by atoms with Gasteiger partial charge in [0.2, 0.25) is 0 Å². The lowest BCUT2D eigenvalue weighted by molar-refractivity contribution is 0.0993. The standard InChI is InChI=1S/C15H11ClN2O/c16-14-6-5-12(18)8-13(14)15(19)7-10-1-3-11(9-17)4-2-10/h1-6,8H,7,18H2. The molecule has 0 saturated heterocycles. The summed E-state index contributed by atoms with van der Waals surface area (Å²) < 4.78 is 0. The SMILES string of the molecule is N#Cc1ccc(CC(=O)c2cc(N)ccc2Cl)cc1. The van der Waals surface area contributed by atoms with E-state index in [1.807, 2.05) is 6.07 Å². The van der Waals surface area contributed by atoms with E-state index in [0.717, 1.165) is 5.56 Å². The minimum absolute atomic E-state index is 0.0954. The second-order valence-electron chi connectivity index (χ2n) is 4.15. The molecular formula is C15H11ClN2O. The van der Waals surface area contributed by atoms with E-state index in [1.165, 1.54) is 0 Å². The first kappa shape index (κ1) is 13.1. The topological polar surface area (TPSA) is 66.9 Å². The maximum Gasteiger partial charge on any atom is 0.168 e. The smallest absolute Gasteiger partial charge is 0.168 e. The van der Waals surface area contributed by atoms with Crippen molar-refractivity contribution in [1.82, 2.24) is 0 Å². The number of ketones is 1. The number of hydrogen-bond acceptors (Lipinski definition) is 3. The molecule has 0 spiro atoms. The molecule has 0 aliphatic rings. The fourth-order valence-electron chi connectivity index (χ4n) is 1.73. The third-order valence-corrected chi connectivity index (χ3v) is 3.07. The summed E-state index contributed by atoms with van der Waals surface area (Å²) in [4.78, 5) is 12.1. The summed E-state index contributed by atoms with van der Waals surface area (Å²) in [6.07, 6.45) is 0.231. The molecule has 0 unspecified atom stereocenters. The fraction of sp³-hybridized carbons (Fsp3) is 0.0667. The highest BCUT2D eigenvalue weighted by Gasteiger charge is 2.11. The van der Waals surface area contributed by atoms with E-state index >= 15 is 0 Å². The van der Waals surface area contributed by atoms with E-state index < -0.39 is 0 Å². The molecule has 0 saturated carbocycles. The Hall–Kier alpha value is -2.31. The van der Waals surface area contributed by atoms with Gasteiger partial charge in [0.1, 0.15) is 0 Å². The molecule has 4 heteroatoms. The molecule has 0 bridgehead atoms. The van der Waals surface area contributed by atoms with E-state index in [0.29, 0.717) is 21.8 Å². The van der Waals surface area contributed by atoms with Crippen LogP contribution in [0.2, 0.25) is 5.02 Å². The van der Waals surface area contributed by atoms with Gasteiger partial charge in [-0.3, -0.25) is 4.79 Å². The number of nitrogens with two attached hydrogens (primary N) is 1. The predicted octanol–water partition coefficient (Wildman–Crippen LogP) is 3.22. The molecule has 0 fully saturated rings. The summed E-state index contributed by atoms with van der Waals surface area (Å²) in [6, 6.07) is 13.8. The number of nitrogens with zero attached hydrogens (tertiary/aromatic N) is 1. The van der Waals surface area contributed by atoms with E-state index in [1.54, 1.807) is 42.5 Å². The Kier molecular flexibility index (Phi) is 3.84. The number of carbonyl (C=O) groups excluding carboxylic acids is 1. The van der Waals surface area contributed by atoms with Gasteiger partial charge in [0.05, 0.1) is 16.7 Å². The Labute approximate surface area is 116 Å². The van der Waals surface area contributed by atoms with Gasteiger partial charge in [-0.05, 0) is 35.9 Å². The first-order valence-corrected chi connectivity index (χ1v) is 6.05. The van der Waals surface area contributed by atoms with Crippen molar-refractivity contribution in [3.8, 4) is 6.07 Å². The first-order chi connectivity index (χ1) is 9.10. The maximum absolute atomic E-state index is 12.1. The molecule has 0 aromatic heterocycles. The van der Waals surface area contributed by atoms with Crippen LogP contribution in [-0.4, -0.2) is 5.78 Å². The molecule has 0 aliphatic carbocycles. The second kappa shape index (κ2) is 5.55. The highest BCUT2D eigenvalue weighted by Crippen LogP contribution is 2.21. The molecule has 3 nitrogen and oxygen atoms in total. The number of rotatable bonds is 3. The fourth-order valence-corrected chi connectivity index (χ4v) is 1.96. The molecular weight excluding hydrogens is 260 g/mol. The van der Waals surface area contributed by atoms with Gasteiger partial charge in [-0.2, -0.15) is 5.26 Å². The van der Waals surface area contributed by atoms with Gasteiger partial charge in [0.25, 0.3) is 0 Å². The monoisotopic (exact) mass is 270 g/mol. The Morgan fingerprint density at radius 1 is 1.21 bits per heavy atom. The molecule has 2 rings (SSSR count). The van der Waals surface area contributed by atoms with Crippen molar-refractivity contribution in [3.63, 3.8) is 0 Å². The van der Waals surface area contributed by atoms with Gasteiger partial charge < -0.3 is 5.73 Å². The van der Waals surface area contributed by atoms with Gasteiger partial charge in [0.15, 0.2) is 5.78 Å². The number of hydrogen-bond donors (Lipinski definition) is 1. The Morgan fingerprint density at radius 3 is 2.53 bits per heavy atom. The molecule has 2 aromatic rings. The zero-order chi connectivity index (χ0) is 13.8. The third-order valence-electron chi connectivity index (χ3n) is 2.74. The zero-order valence-corrected chi connectivity index (χ0v) is 10.8. The van der Waals surface area contributed by atoms with Crippen LogP contribution < -0.4 is 5.73 Å². The van der Waals surface area contributed by atoms with Crippen LogP contribution in [0.25, 0.3) is 0 Å². The van der Waals surface area contributed by atoms with Crippen LogP contribution >= 0.6 is 11.6 Å². The van der Waals surface area contributed by atoms with E-state index in [2.05, 4.69) is 0 Å². The summed E-state index contributed by atoms with van der Waals surface area (Å²) in [5, 5.41) is 9.10. The Morgan fingerprint density at radius 2 is 1.89 bits per heavy atom. The maximum atomic E-state index is 12.1. The van der Waals surface area contributed by atoms with Crippen molar-refractivity contribution >= 4 is 23.1 Å². The van der Waals surface area contributed by atoms with Crippen LogP contribution in [0.3, 0.4) is 0 Å². The third kappa shape index (κ3) is 3.12. The predicted molar refractivity (Wildman–Crippen MR) is 75.1 cm³/mol. The van der Waals surface area contributed by atoms with Crippen molar-refractivity contribution in [3.05, 3.63) is 64.2 Å². The number of halogens is 1. The second-order valence-corrected chi connectivity index (χ2v) is 4.56. The lowest BCUT2D eigenvalue weighted by Crippen LogP contribution is -2.05. The molecule has 0 amide bonds. The highest BCUT2D eigenvalue weighted by molar-refractivity contribution is 6.34. The molecule has 0 heterocycles. The van der Waals surface area contributed by atoms with Gasteiger partial charge in [-0.15, -0.1) is 0 Å². The molecule has 0 radical (unpaired) electrons. The number of Topliss-reactive ketones (excluding diaryl/α,β-unsaturated/α-hetero) is 1. The summed E-state index contributed by atoms with van der Waals surface area (Å²) in [5.74, 6) is -0.0954. The lowest BCUT2D eigenvalue weighted by Gasteiger charge is -2.05. The quantitative estimate of drug-likeness (QED) is 0.688. The molecule has 0 atom stereocenters. The van der Waals surface area contributed by atoms with Crippen LogP contribution in [0, 0.1) is 11.3 Å². The molecule has 2 aromatic carbocycles. The van der Waals surface area contributed by atoms with Crippen molar-refractivity contribution in [2.75, 3.05) is 5.73 Å². The zero-order valence-electron chi connectivity index (χ0n) is 10.1. The minimum atomic E-state index is -0.0954. The summed E-state index contributed by atoms with van der Waals surface area (Å²) in [5.41, 5.74) is 7.98. The molecule has 94 valence electrons. The first-order valence-electron chi connectivity index (χ1n) is 5.67. The normalized spacial score (nSPS) is 9.89.